The summed E-state index contributed by atoms with van der Waals surface area (Å²) in [6, 6.07) is 2.28. The van der Waals surface area contributed by atoms with Crippen molar-refractivity contribution in [2.75, 3.05) is 0 Å². The van der Waals surface area contributed by atoms with E-state index in [1.54, 1.807) is 6.20 Å². The molecule has 4 amide bonds. The summed E-state index contributed by atoms with van der Waals surface area (Å²) in [5, 5.41) is 25.9. The number of primary amides is 1. The fourth-order valence-electron chi connectivity index (χ4n) is 3.65. The van der Waals surface area contributed by atoms with Crippen LogP contribution in [0.1, 0.15) is 38.2 Å². The number of aliphatic carboxylic acids is 2. The maximum Gasteiger partial charge on any atom is 0.325 e. The van der Waals surface area contributed by atoms with Gasteiger partial charge in [0.05, 0.1) is 6.04 Å². The molecule has 14 nitrogen and oxygen atoms in total. The number of nitrogens with one attached hydrogen (secondary N) is 4. The predicted octanol–water partition coefficient (Wildman–Crippen LogP) is -1.27. The molecule has 38 heavy (non-hydrogen) atoms. The first-order valence-electron chi connectivity index (χ1n) is 11.8. The maximum atomic E-state index is 13.0. The van der Waals surface area contributed by atoms with Gasteiger partial charge in [0, 0.05) is 29.9 Å². The Kier molecular flexibility index (Phi) is 10.8. The van der Waals surface area contributed by atoms with Crippen LogP contribution in [0.5, 0.6) is 0 Å². The van der Waals surface area contributed by atoms with Crippen LogP contribution < -0.4 is 27.4 Å². The third-order valence-electron chi connectivity index (χ3n) is 5.77. The smallest absolute Gasteiger partial charge is 0.325 e. The molecule has 206 valence electrons. The van der Waals surface area contributed by atoms with E-state index < -0.39 is 66.2 Å². The number of para-hydroxylation sites is 1. The summed E-state index contributed by atoms with van der Waals surface area (Å²) in [5.41, 5.74) is 12.9. The molecule has 2 aromatic rings. The number of H-pyrrole nitrogens is 1. The lowest BCUT2D eigenvalue weighted by molar-refractivity contribution is -0.142. The second-order valence-electron chi connectivity index (χ2n) is 8.80. The van der Waals surface area contributed by atoms with Gasteiger partial charge in [0.1, 0.15) is 18.1 Å². The van der Waals surface area contributed by atoms with Crippen LogP contribution in [0.2, 0.25) is 0 Å². The van der Waals surface area contributed by atoms with E-state index in [2.05, 4.69) is 20.9 Å². The molecule has 4 atom stereocenters. The molecule has 0 bridgehead atoms. The number of nitrogens with two attached hydrogens (primary N) is 2. The largest absolute Gasteiger partial charge is 0.481 e. The summed E-state index contributed by atoms with van der Waals surface area (Å²) < 4.78 is 0. The minimum Gasteiger partial charge on any atom is -0.481 e. The van der Waals surface area contributed by atoms with Crippen molar-refractivity contribution >= 4 is 46.5 Å². The highest BCUT2D eigenvalue weighted by atomic mass is 16.4. The second-order valence-corrected chi connectivity index (χ2v) is 8.80. The Bertz CT molecular complexity index is 1200. The van der Waals surface area contributed by atoms with E-state index in [1.807, 2.05) is 24.3 Å². The van der Waals surface area contributed by atoms with E-state index >= 15 is 0 Å². The van der Waals surface area contributed by atoms with Crippen LogP contribution in [0, 0.1) is 0 Å². The average Bonchev–Trinajstić information content (AvgIpc) is 3.26. The number of aromatic amines is 1. The molecule has 0 aliphatic heterocycles. The van der Waals surface area contributed by atoms with E-state index in [1.165, 1.54) is 6.92 Å². The van der Waals surface area contributed by atoms with Gasteiger partial charge in [0.2, 0.25) is 23.6 Å². The van der Waals surface area contributed by atoms with Gasteiger partial charge in [0.15, 0.2) is 0 Å². The van der Waals surface area contributed by atoms with E-state index in [0.717, 1.165) is 16.5 Å². The monoisotopic (exact) mass is 532 g/mol. The van der Waals surface area contributed by atoms with Crippen molar-refractivity contribution in [3.05, 3.63) is 36.0 Å². The van der Waals surface area contributed by atoms with Gasteiger partial charge >= 0.3 is 11.9 Å². The van der Waals surface area contributed by atoms with E-state index in [9.17, 15) is 28.8 Å². The molecule has 14 heteroatoms. The van der Waals surface area contributed by atoms with Crippen molar-refractivity contribution in [2.45, 2.75) is 63.2 Å². The Balaban J connectivity index is 2.14. The van der Waals surface area contributed by atoms with Crippen LogP contribution in [0.4, 0.5) is 0 Å². The number of aromatic nitrogens is 1. The molecule has 0 radical (unpaired) electrons. The number of benzene rings is 1. The Labute approximate surface area is 217 Å². The number of carboxylic acid groups (broad SMARTS) is 2. The summed E-state index contributed by atoms with van der Waals surface area (Å²) in [7, 11) is 0. The lowest BCUT2D eigenvalue weighted by atomic mass is 10.0. The number of carbonyl (C=O) groups excluding carboxylic acids is 4. The molecule has 0 saturated heterocycles. The quantitative estimate of drug-likeness (QED) is 0.136. The van der Waals surface area contributed by atoms with Gasteiger partial charge in [-0.05, 0) is 37.8 Å². The van der Waals surface area contributed by atoms with E-state index in [-0.39, 0.29) is 25.7 Å². The molecule has 0 saturated carbocycles. The molecule has 10 N–H and O–H groups in total. The average molecular weight is 533 g/mol. The molecule has 0 aliphatic rings. The fraction of sp³-hybridized carbons (Fsp3) is 0.417. The molecule has 2 rings (SSSR count). The molecule has 0 spiro atoms. The molecule has 1 heterocycles. The van der Waals surface area contributed by atoms with Crippen LogP contribution in [-0.2, 0) is 35.2 Å². The predicted molar refractivity (Wildman–Crippen MR) is 134 cm³/mol. The van der Waals surface area contributed by atoms with Gasteiger partial charge in [-0.1, -0.05) is 18.2 Å². The topological polar surface area (TPSA) is 247 Å². The number of hydrogen-bond donors (Lipinski definition) is 8. The van der Waals surface area contributed by atoms with Gasteiger partial charge in [-0.15, -0.1) is 0 Å². The van der Waals surface area contributed by atoms with Crippen LogP contribution in [0.15, 0.2) is 30.5 Å². The van der Waals surface area contributed by atoms with Crippen molar-refractivity contribution in [1.82, 2.24) is 20.9 Å². The van der Waals surface area contributed by atoms with Gasteiger partial charge in [0.25, 0.3) is 0 Å². The Hall–Kier alpha value is -4.46. The van der Waals surface area contributed by atoms with Crippen LogP contribution >= 0.6 is 0 Å². The molecule has 1 aromatic heterocycles. The van der Waals surface area contributed by atoms with Crippen molar-refractivity contribution in [3.63, 3.8) is 0 Å². The SMILES string of the molecule is CC(NC(=O)C(CCC(=O)O)NC(=O)C(CCC(N)=O)NC(=O)C(N)Cc1c[nH]c2ccccc12)C(=O)O. The summed E-state index contributed by atoms with van der Waals surface area (Å²) in [6.07, 6.45) is 0.503. The number of hydrogen-bond acceptors (Lipinski definition) is 7. The van der Waals surface area contributed by atoms with Gasteiger partial charge in [-0.25, -0.2) is 0 Å². The number of rotatable bonds is 15. The van der Waals surface area contributed by atoms with Crippen molar-refractivity contribution in [3.8, 4) is 0 Å². The lowest BCUT2D eigenvalue weighted by Crippen LogP contribution is -2.57. The first-order valence-corrected chi connectivity index (χ1v) is 11.8. The molecule has 1 aromatic carbocycles. The zero-order valence-corrected chi connectivity index (χ0v) is 20.7. The zero-order valence-electron chi connectivity index (χ0n) is 20.7. The molecular weight excluding hydrogens is 500 g/mol. The number of carbonyl (C=O) groups is 6. The fourth-order valence-corrected chi connectivity index (χ4v) is 3.65. The third kappa shape index (κ3) is 8.89. The molecule has 0 aliphatic carbocycles. The highest BCUT2D eigenvalue weighted by Gasteiger charge is 2.30. The Morgan fingerprint density at radius 1 is 0.895 bits per heavy atom. The number of carboxylic acids is 2. The molecular formula is C24H32N6O8. The first-order chi connectivity index (χ1) is 17.9. The van der Waals surface area contributed by atoms with E-state index in [4.69, 9.17) is 21.7 Å². The summed E-state index contributed by atoms with van der Waals surface area (Å²) in [4.78, 5) is 74.9. The maximum absolute atomic E-state index is 13.0. The standard InChI is InChI=1S/C24H32N6O8/c1-12(24(37)38)28-22(35)18(7-9-20(32)33)30-23(36)17(6-8-19(26)31)29-21(34)15(25)10-13-11-27-16-5-3-2-4-14(13)16/h2-5,11-12,15,17-18,27H,6-10,25H2,1H3,(H2,26,31)(H,28,35)(H,29,34)(H,30,36)(H,32,33)(H,37,38). The van der Waals surface area contributed by atoms with Gasteiger partial charge < -0.3 is 42.6 Å². The number of fused-ring (bicyclic) bond motifs is 1. The van der Waals surface area contributed by atoms with Crippen LogP contribution in [0.25, 0.3) is 10.9 Å². The minimum absolute atomic E-state index is 0.136. The van der Waals surface area contributed by atoms with Crippen molar-refractivity contribution in [2.24, 2.45) is 11.5 Å². The zero-order chi connectivity index (χ0) is 28.4. The summed E-state index contributed by atoms with van der Waals surface area (Å²) in [6.45, 7) is 1.20. The Morgan fingerprint density at radius 2 is 1.47 bits per heavy atom. The number of amides is 4. The lowest BCUT2D eigenvalue weighted by Gasteiger charge is -2.24. The summed E-state index contributed by atoms with van der Waals surface area (Å²) >= 11 is 0. The van der Waals surface area contributed by atoms with Crippen molar-refractivity contribution in [1.29, 1.82) is 0 Å². The van der Waals surface area contributed by atoms with Crippen LogP contribution in [-0.4, -0.2) is 74.9 Å². The highest BCUT2D eigenvalue weighted by Crippen LogP contribution is 2.18. The van der Waals surface area contributed by atoms with Crippen molar-refractivity contribution < 1.29 is 39.0 Å². The third-order valence-corrected chi connectivity index (χ3v) is 5.77. The second kappa shape index (κ2) is 13.7. The first kappa shape index (κ1) is 29.8. The Morgan fingerprint density at radius 3 is 2.08 bits per heavy atom. The molecule has 4 unspecified atom stereocenters. The van der Waals surface area contributed by atoms with Gasteiger partial charge in [-0.3, -0.25) is 28.8 Å². The highest BCUT2D eigenvalue weighted by molar-refractivity contribution is 5.94. The normalized spacial score (nSPS) is 14.1. The molecule has 0 fully saturated rings. The van der Waals surface area contributed by atoms with Gasteiger partial charge in [-0.2, -0.15) is 0 Å². The van der Waals surface area contributed by atoms with E-state index in [0.29, 0.717) is 0 Å². The minimum atomic E-state index is -1.42. The summed E-state index contributed by atoms with van der Waals surface area (Å²) in [5.74, 6) is -5.85. The van der Waals surface area contributed by atoms with Crippen LogP contribution in [0.3, 0.4) is 0 Å².